The number of aryl methyl sites for hydroxylation is 1. The lowest BCUT2D eigenvalue weighted by atomic mass is 9.97. The molecule has 0 bridgehead atoms. The first kappa shape index (κ1) is 32.0. The summed E-state index contributed by atoms with van der Waals surface area (Å²) in [5.74, 6) is 0.0948. The van der Waals surface area contributed by atoms with Crippen LogP contribution in [0.3, 0.4) is 0 Å². The molecule has 0 saturated carbocycles. The zero-order valence-corrected chi connectivity index (χ0v) is 27.8. The molecule has 0 aliphatic carbocycles. The topological polar surface area (TPSA) is 114 Å². The molecule has 2 N–H and O–H groups in total. The first-order valence-electron chi connectivity index (χ1n) is 14.0. The number of nitrogens with zero attached hydrogens (tertiary/aromatic N) is 3. The monoisotopic (exact) mass is 650 g/mol. The molecule has 0 amide bonds. The molecule has 0 fully saturated rings. The molecular weight excluding hydrogens is 616 g/mol. The summed E-state index contributed by atoms with van der Waals surface area (Å²) >= 11 is 6.69. The van der Waals surface area contributed by atoms with Crippen molar-refractivity contribution >= 4 is 43.6 Å². The van der Waals surface area contributed by atoms with Crippen LogP contribution in [0.5, 0.6) is 0 Å². The second-order valence-corrected chi connectivity index (χ2v) is 16.4. The molecule has 44 heavy (non-hydrogen) atoms. The third kappa shape index (κ3) is 6.23. The van der Waals surface area contributed by atoms with Gasteiger partial charge in [-0.15, -0.1) is 0 Å². The third-order valence-corrected chi connectivity index (χ3v) is 10.9. The number of para-hydroxylation sites is 1. The Morgan fingerprint density at radius 2 is 1.64 bits per heavy atom. The van der Waals surface area contributed by atoms with E-state index in [2.05, 4.69) is 9.71 Å². The maximum atomic E-state index is 14.5. The van der Waals surface area contributed by atoms with Crippen molar-refractivity contribution < 1.29 is 17.7 Å². The van der Waals surface area contributed by atoms with E-state index in [9.17, 15) is 17.7 Å². The highest BCUT2D eigenvalue weighted by atomic mass is 35.5. The molecule has 0 radical (unpaired) electrons. The molecule has 5 rings (SSSR count). The van der Waals surface area contributed by atoms with E-state index in [-0.39, 0.29) is 10.7 Å². The molecule has 0 saturated heterocycles. The third-order valence-electron chi connectivity index (χ3n) is 7.22. The molecule has 2 heterocycles. The zero-order chi connectivity index (χ0) is 32.0. The molecule has 2 atom stereocenters. The molecule has 5 aromatic rings. The Bertz CT molecular complexity index is 1980. The highest BCUT2D eigenvalue weighted by molar-refractivity contribution is 7.90. The largest absolute Gasteiger partial charge is 0.386 e. The predicted octanol–water partition coefficient (Wildman–Crippen LogP) is 6.67. The molecule has 0 aliphatic heterocycles. The number of imidazole rings is 1. The fourth-order valence-corrected chi connectivity index (χ4v) is 7.29. The van der Waals surface area contributed by atoms with Crippen molar-refractivity contribution in [3.8, 4) is 11.3 Å². The summed E-state index contributed by atoms with van der Waals surface area (Å²) in [4.78, 5) is 9.59. The number of aromatic nitrogens is 3. The minimum atomic E-state index is -4.23. The van der Waals surface area contributed by atoms with Gasteiger partial charge in [0.1, 0.15) is 11.9 Å². The van der Waals surface area contributed by atoms with E-state index in [1.807, 2.05) is 33.8 Å². The molecule has 0 aliphatic rings. The number of nitrogens with one attached hydrogen (secondary N) is 1. The Balaban J connectivity index is 1.87. The van der Waals surface area contributed by atoms with Crippen LogP contribution in [0.4, 0.5) is 0 Å². The fraction of sp³-hybridized carbons (Fsp3) is 0.273. The van der Waals surface area contributed by atoms with Gasteiger partial charge in [-0.2, -0.15) is 0 Å². The standard InChI is InChI=1S/C33H35ClN4O4S2/c1-21-14-16-23(17-15-21)44(41,42)38-28-13-9-11-25(27-20-22(18-19-35-27)33(5,6)39)29(28)36-31(38)30(37-43(40)32(2,3)4)24-10-7-8-12-26(24)34/h7-20,30,37,39H,1-6H3/t30-,43-/m0/s1. The van der Waals surface area contributed by atoms with Gasteiger partial charge in [0.05, 0.1) is 43.0 Å². The number of hydrogen-bond donors (Lipinski definition) is 2. The van der Waals surface area contributed by atoms with Crippen LogP contribution >= 0.6 is 11.6 Å². The average molecular weight is 651 g/mol. The summed E-state index contributed by atoms with van der Waals surface area (Å²) in [7, 11) is -5.86. The summed E-state index contributed by atoms with van der Waals surface area (Å²) < 4.78 is 46.3. The van der Waals surface area contributed by atoms with Crippen LogP contribution in [0.1, 0.15) is 63.2 Å². The van der Waals surface area contributed by atoms with Gasteiger partial charge < -0.3 is 5.11 Å². The lowest BCUT2D eigenvalue weighted by Gasteiger charge is -2.25. The molecular formula is C33H35ClN4O4S2. The molecule has 0 spiro atoms. The van der Waals surface area contributed by atoms with Crippen molar-refractivity contribution in [2.75, 3.05) is 0 Å². The van der Waals surface area contributed by atoms with E-state index in [1.54, 1.807) is 92.8 Å². The molecule has 230 valence electrons. The summed E-state index contributed by atoms with van der Waals surface area (Å²) in [6.07, 6.45) is 1.60. The lowest BCUT2D eigenvalue weighted by Crippen LogP contribution is -2.37. The first-order chi connectivity index (χ1) is 20.6. The smallest absolute Gasteiger partial charge is 0.269 e. The summed E-state index contributed by atoms with van der Waals surface area (Å²) in [5, 5.41) is 11.0. The maximum Gasteiger partial charge on any atom is 0.269 e. The highest BCUT2D eigenvalue weighted by Gasteiger charge is 2.34. The minimum Gasteiger partial charge on any atom is -0.386 e. The van der Waals surface area contributed by atoms with Gasteiger partial charge >= 0.3 is 0 Å². The van der Waals surface area contributed by atoms with E-state index < -0.39 is 37.4 Å². The molecule has 0 unspecified atom stereocenters. The second kappa shape index (κ2) is 11.8. The number of aliphatic hydroxyl groups is 1. The normalized spacial score (nSPS) is 14.1. The second-order valence-electron chi connectivity index (χ2n) is 12.2. The van der Waals surface area contributed by atoms with Gasteiger partial charge in [-0.3, -0.25) is 4.98 Å². The van der Waals surface area contributed by atoms with Gasteiger partial charge in [-0.25, -0.2) is 26.3 Å². The Kier molecular flexibility index (Phi) is 8.60. The van der Waals surface area contributed by atoms with Crippen molar-refractivity contribution in [1.29, 1.82) is 0 Å². The van der Waals surface area contributed by atoms with Gasteiger partial charge in [-0.1, -0.05) is 59.6 Å². The van der Waals surface area contributed by atoms with Gasteiger partial charge in [0.25, 0.3) is 10.0 Å². The van der Waals surface area contributed by atoms with Crippen LogP contribution < -0.4 is 4.72 Å². The number of rotatable bonds is 8. The number of pyridine rings is 1. The summed E-state index contributed by atoms with van der Waals surface area (Å²) in [6, 6.07) is 21.4. The highest BCUT2D eigenvalue weighted by Crippen LogP contribution is 2.37. The number of halogens is 1. The van der Waals surface area contributed by atoms with Crippen molar-refractivity contribution in [2.45, 2.75) is 62.8 Å². The quantitative estimate of drug-likeness (QED) is 0.194. The van der Waals surface area contributed by atoms with Gasteiger partial charge in [-0.05, 0) is 89.1 Å². The van der Waals surface area contributed by atoms with Gasteiger partial charge in [0, 0.05) is 16.8 Å². The fourth-order valence-electron chi connectivity index (χ4n) is 4.76. The van der Waals surface area contributed by atoms with Crippen molar-refractivity contribution in [3.63, 3.8) is 0 Å². The van der Waals surface area contributed by atoms with Crippen LogP contribution in [-0.4, -0.2) is 36.4 Å². The van der Waals surface area contributed by atoms with E-state index in [0.717, 1.165) is 5.56 Å². The van der Waals surface area contributed by atoms with Crippen molar-refractivity contribution in [1.82, 2.24) is 18.7 Å². The van der Waals surface area contributed by atoms with Crippen LogP contribution in [0, 0.1) is 6.92 Å². The number of fused-ring (bicyclic) bond motifs is 1. The first-order valence-corrected chi connectivity index (χ1v) is 17.0. The Hall–Kier alpha value is -3.41. The Morgan fingerprint density at radius 3 is 2.27 bits per heavy atom. The van der Waals surface area contributed by atoms with Crippen LogP contribution in [0.15, 0.2) is 90.0 Å². The van der Waals surface area contributed by atoms with Gasteiger partial charge in [0.2, 0.25) is 0 Å². The van der Waals surface area contributed by atoms with E-state index in [4.69, 9.17) is 16.6 Å². The van der Waals surface area contributed by atoms with E-state index >= 15 is 0 Å². The maximum absolute atomic E-state index is 14.5. The van der Waals surface area contributed by atoms with Crippen molar-refractivity contribution in [3.05, 3.63) is 113 Å². The number of hydrogen-bond acceptors (Lipinski definition) is 6. The van der Waals surface area contributed by atoms with Crippen LogP contribution in [0.2, 0.25) is 5.02 Å². The summed E-state index contributed by atoms with van der Waals surface area (Å²) in [5.41, 5.74) is 2.72. The van der Waals surface area contributed by atoms with Gasteiger partial charge in [0.15, 0.2) is 0 Å². The minimum absolute atomic E-state index is 0.0751. The zero-order valence-electron chi connectivity index (χ0n) is 25.4. The Labute approximate surface area is 265 Å². The molecule has 3 aromatic carbocycles. The molecule has 11 heteroatoms. The number of benzene rings is 3. The van der Waals surface area contributed by atoms with E-state index in [1.165, 1.54) is 3.97 Å². The predicted molar refractivity (Wildman–Crippen MR) is 176 cm³/mol. The van der Waals surface area contributed by atoms with Crippen molar-refractivity contribution in [2.24, 2.45) is 0 Å². The SMILES string of the molecule is Cc1ccc(S(=O)(=O)n2c([C@@H](N[S@@](=O)C(C)(C)C)c3ccccc3Cl)nc3c(-c4cc(C(C)(C)O)ccn4)cccc32)cc1. The van der Waals surface area contributed by atoms with E-state index in [0.29, 0.717) is 38.4 Å². The summed E-state index contributed by atoms with van der Waals surface area (Å²) in [6.45, 7) is 10.7. The van der Waals surface area contributed by atoms with Crippen LogP contribution in [0.25, 0.3) is 22.3 Å². The van der Waals surface area contributed by atoms with Crippen LogP contribution in [-0.2, 0) is 26.6 Å². The molecule has 8 nitrogen and oxygen atoms in total. The average Bonchev–Trinajstić information content (AvgIpc) is 3.36. The lowest BCUT2D eigenvalue weighted by molar-refractivity contribution is 0.0785. The Morgan fingerprint density at radius 1 is 0.955 bits per heavy atom. The molecule has 2 aromatic heterocycles.